The van der Waals surface area contributed by atoms with Crippen molar-refractivity contribution in [1.29, 1.82) is 0 Å². The van der Waals surface area contributed by atoms with Gasteiger partial charge >= 0.3 is 6.09 Å². The average Bonchev–Trinajstić information content (AvgIpc) is 3.22. The lowest BCUT2D eigenvalue weighted by atomic mass is 9.92. The molecule has 4 rings (SSSR count). The number of benzene rings is 1. The number of nitrogens with zero attached hydrogens (tertiary/aromatic N) is 2. The van der Waals surface area contributed by atoms with Crippen molar-refractivity contribution in [2.75, 3.05) is 32.7 Å². The summed E-state index contributed by atoms with van der Waals surface area (Å²) in [5, 5.41) is 3.30. The van der Waals surface area contributed by atoms with E-state index in [0.29, 0.717) is 6.54 Å². The van der Waals surface area contributed by atoms with Gasteiger partial charge in [-0.05, 0) is 44.0 Å². The Kier molecular flexibility index (Phi) is 5.96. The molecule has 1 N–H and O–H groups in total. The molecular formula is C20H28ClN3O3. The second-order valence-electron chi connectivity index (χ2n) is 7.76. The molecule has 3 aliphatic rings. The minimum Gasteiger partial charge on any atom is -0.441 e. The van der Waals surface area contributed by atoms with Crippen molar-refractivity contribution in [3.8, 4) is 0 Å². The van der Waals surface area contributed by atoms with Gasteiger partial charge in [0, 0.05) is 19.4 Å². The van der Waals surface area contributed by atoms with Crippen molar-refractivity contribution in [3.63, 3.8) is 0 Å². The number of likely N-dealkylation sites (tertiary alicyclic amines) is 1. The molecule has 0 bridgehead atoms. The number of aryl methyl sites for hydroxylation is 1. The first-order chi connectivity index (χ1) is 12.6. The van der Waals surface area contributed by atoms with Gasteiger partial charge in [0.1, 0.15) is 12.1 Å². The maximum absolute atomic E-state index is 13.0. The van der Waals surface area contributed by atoms with E-state index in [4.69, 9.17) is 4.74 Å². The lowest BCUT2D eigenvalue weighted by Crippen LogP contribution is -2.46. The molecule has 7 heteroatoms. The highest BCUT2D eigenvalue weighted by molar-refractivity contribution is 5.85. The minimum atomic E-state index is -0.400. The standard InChI is InChI=1S/C20H27N3O3.ClH/c1-15-5-2-3-6-16(15)17-7-4-12-23(17)18(24)13-22-14-20(26-19(22)25)8-10-21-11-9-20;/h2-3,5-6,17,21H,4,7-14H2,1H3;1H. The third-order valence-electron chi connectivity index (χ3n) is 6.00. The molecule has 1 aromatic carbocycles. The maximum atomic E-state index is 13.0. The highest BCUT2D eigenvalue weighted by Crippen LogP contribution is 2.35. The van der Waals surface area contributed by atoms with E-state index < -0.39 is 5.60 Å². The number of halogens is 1. The van der Waals surface area contributed by atoms with Gasteiger partial charge in [0.25, 0.3) is 0 Å². The molecule has 3 heterocycles. The minimum absolute atomic E-state index is 0. The van der Waals surface area contributed by atoms with Crippen molar-refractivity contribution in [2.24, 2.45) is 0 Å². The van der Waals surface area contributed by atoms with E-state index in [-0.39, 0.29) is 37.0 Å². The molecule has 3 saturated heterocycles. The van der Waals surface area contributed by atoms with Crippen molar-refractivity contribution in [1.82, 2.24) is 15.1 Å². The van der Waals surface area contributed by atoms with Gasteiger partial charge in [-0.2, -0.15) is 0 Å². The van der Waals surface area contributed by atoms with Gasteiger partial charge in [0.15, 0.2) is 0 Å². The Morgan fingerprint density at radius 3 is 2.78 bits per heavy atom. The van der Waals surface area contributed by atoms with Crippen molar-refractivity contribution in [2.45, 2.75) is 44.2 Å². The largest absolute Gasteiger partial charge is 0.441 e. The van der Waals surface area contributed by atoms with Gasteiger partial charge in [-0.25, -0.2) is 4.79 Å². The van der Waals surface area contributed by atoms with Crippen LogP contribution < -0.4 is 5.32 Å². The Hall–Kier alpha value is -1.79. The van der Waals surface area contributed by atoms with Crippen LogP contribution in [0.4, 0.5) is 4.79 Å². The quantitative estimate of drug-likeness (QED) is 0.857. The molecule has 0 radical (unpaired) electrons. The number of carbonyl (C=O) groups is 2. The fourth-order valence-electron chi connectivity index (χ4n) is 4.56. The third kappa shape index (κ3) is 3.92. The molecule has 6 nitrogen and oxygen atoms in total. The SMILES string of the molecule is Cc1ccccc1C1CCCN1C(=O)CN1CC2(CCNCC2)OC1=O.Cl. The van der Waals surface area contributed by atoms with E-state index in [1.54, 1.807) is 4.90 Å². The zero-order valence-electron chi connectivity index (χ0n) is 15.8. The summed E-state index contributed by atoms with van der Waals surface area (Å²) in [7, 11) is 0. The number of carbonyl (C=O) groups excluding carboxylic acids is 2. The molecule has 1 spiro atoms. The molecular weight excluding hydrogens is 366 g/mol. The summed E-state index contributed by atoms with van der Waals surface area (Å²) in [6, 6.07) is 8.38. The fraction of sp³-hybridized carbons (Fsp3) is 0.600. The third-order valence-corrected chi connectivity index (χ3v) is 6.00. The normalized spacial score (nSPS) is 24.0. The number of hydrogen-bond acceptors (Lipinski definition) is 4. The topological polar surface area (TPSA) is 61.9 Å². The van der Waals surface area contributed by atoms with E-state index in [0.717, 1.165) is 45.3 Å². The summed E-state index contributed by atoms with van der Waals surface area (Å²) in [5.74, 6) is 0.0266. The molecule has 1 atom stereocenters. The van der Waals surface area contributed by atoms with E-state index in [1.165, 1.54) is 11.1 Å². The molecule has 2 amide bonds. The summed E-state index contributed by atoms with van der Waals surface area (Å²) in [6.07, 6.45) is 3.28. The monoisotopic (exact) mass is 393 g/mol. The fourth-order valence-corrected chi connectivity index (χ4v) is 4.56. The lowest BCUT2D eigenvalue weighted by Gasteiger charge is -2.31. The van der Waals surface area contributed by atoms with Gasteiger partial charge in [-0.3, -0.25) is 9.69 Å². The number of ether oxygens (including phenoxy) is 1. The van der Waals surface area contributed by atoms with E-state index in [2.05, 4.69) is 24.4 Å². The van der Waals surface area contributed by atoms with Gasteiger partial charge < -0.3 is 15.0 Å². The van der Waals surface area contributed by atoms with Crippen molar-refractivity contribution in [3.05, 3.63) is 35.4 Å². The van der Waals surface area contributed by atoms with Crippen LogP contribution in [0.3, 0.4) is 0 Å². The average molecular weight is 394 g/mol. The van der Waals surface area contributed by atoms with Crippen LogP contribution in [-0.4, -0.2) is 60.1 Å². The van der Waals surface area contributed by atoms with Crippen LogP contribution in [0, 0.1) is 6.92 Å². The second kappa shape index (κ2) is 8.07. The summed E-state index contributed by atoms with van der Waals surface area (Å²) < 4.78 is 5.67. The first-order valence-corrected chi connectivity index (χ1v) is 9.62. The molecule has 148 valence electrons. The molecule has 0 aliphatic carbocycles. The molecule has 1 unspecified atom stereocenters. The molecule has 0 aromatic heterocycles. The number of hydrogen-bond donors (Lipinski definition) is 1. The van der Waals surface area contributed by atoms with Gasteiger partial charge in [-0.15, -0.1) is 12.4 Å². The number of nitrogens with one attached hydrogen (secondary N) is 1. The van der Waals surface area contributed by atoms with Crippen LogP contribution in [0.2, 0.25) is 0 Å². The van der Waals surface area contributed by atoms with Crippen LogP contribution in [0.5, 0.6) is 0 Å². The Balaban J connectivity index is 0.00000210. The summed E-state index contributed by atoms with van der Waals surface area (Å²) in [6.45, 7) is 5.22. The van der Waals surface area contributed by atoms with Crippen LogP contribution in [0.25, 0.3) is 0 Å². The first kappa shape index (κ1) is 20.0. The molecule has 27 heavy (non-hydrogen) atoms. The summed E-state index contributed by atoms with van der Waals surface area (Å²) >= 11 is 0. The van der Waals surface area contributed by atoms with Gasteiger partial charge in [0.2, 0.25) is 5.91 Å². The lowest BCUT2D eigenvalue weighted by molar-refractivity contribution is -0.132. The number of amides is 2. The predicted molar refractivity (Wildman–Crippen MR) is 105 cm³/mol. The van der Waals surface area contributed by atoms with Crippen LogP contribution >= 0.6 is 12.4 Å². The smallest absolute Gasteiger partial charge is 0.410 e. The van der Waals surface area contributed by atoms with Crippen LogP contribution in [0.15, 0.2) is 24.3 Å². The highest BCUT2D eigenvalue weighted by Gasteiger charge is 2.46. The summed E-state index contributed by atoms with van der Waals surface area (Å²) in [4.78, 5) is 28.8. The van der Waals surface area contributed by atoms with E-state index >= 15 is 0 Å². The Labute approximate surface area is 166 Å². The maximum Gasteiger partial charge on any atom is 0.410 e. The van der Waals surface area contributed by atoms with E-state index in [1.807, 2.05) is 17.0 Å². The highest BCUT2D eigenvalue weighted by atomic mass is 35.5. The molecule has 3 fully saturated rings. The first-order valence-electron chi connectivity index (χ1n) is 9.62. The second-order valence-corrected chi connectivity index (χ2v) is 7.76. The molecule has 1 aromatic rings. The summed E-state index contributed by atoms with van der Waals surface area (Å²) in [5.41, 5.74) is 2.03. The predicted octanol–water partition coefficient (Wildman–Crippen LogP) is 2.65. The Bertz CT molecular complexity index is 705. The van der Waals surface area contributed by atoms with Gasteiger partial charge in [0.05, 0.1) is 12.6 Å². The van der Waals surface area contributed by atoms with Crippen molar-refractivity contribution >= 4 is 24.4 Å². The zero-order chi connectivity index (χ0) is 18.1. The molecule has 0 saturated carbocycles. The van der Waals surface area contributed by atoms with Crippen LogP contribution in [0.1, 0.15) is 42.9 Å². The number of piperidine rings is 1. The Morgan fingerprint density at radius 1 is 1.30 bits per heavy atom. The molecule has 3 aliphatic heterocycles. The number of rotatable bonds is 3. The van der Waals surface area contributed by atoms with Crippen molar-refractivity contribution < 1.29 is 14.3 Å². The van der Waals surface area contributed by atoms with Crippen LogP contribution in [-0.2, 0) is 9.53 Å². The van der Waals surface area contributed by atoms with Gasteiger partial charge in [-0.1, -0.05) is 24.3 Å². The zero-order valence-corrected chi connectivity index (χ0v) is 16.6. The van der Waals surface area contributed by atoms with E-state index in [9.17, 15) is 9.59 Å². The Morgan fingerprint density at radius 2 is 2.04 bits per heavy atom.